The molecule has 4 heteroatoms. The average molecular weight is 199 g/mol. The predicted octanol–water partition coefficient (Wildman–Crippen LogP) is -0.0196. The lowest BCUT2D eigenvalue weighted by molar-refractivity contribution is -0.121. The van der Waals surface area contributed by atoms with E-state index < -0.39 is 0 Å². The zero-order valence-electron chi connectivity index (χ0n) is 9.05. The van der Waals surface area contributed by atoms with E-state index in [2.05, 4.69) is 24.5 Å². The van der Waals surface area contributed by atoms with Crippen molar-refractivity contribution in [3.8, 4) is 0 Å². The lowest BCUT2D eigenvalue weighted by Crippen LogP contribution is -2.43. The van der Waals surface area contributed by atoms with Crippen LogP contribution in [0, 0.1) is 0 Å². The minimum Gasteiger partial charge on any atom is -0.353 e. The number of hydrogen-bond acceptors (Lipinski definition) is 3. The van der Waals surface area contributed by atoms with Gasteiger partial charge in [0.25, 0.3) is 0 Å². The molecule has 1 aliphatic carbocycles. The summed E-state index contributed by atoms with van der Waals surface area (Å²) in [6, 6.07) is 0.922. The second-order valence-electron chi connectivity index (χ2n) is 4.30. The molecule has 4 nitrogen and oxygen atoms in total. The van der Waals surface area contributed by atoms with Crippen molar-refractivity contribution in [2.45, 2.75) is 51.2 Å². The van der Waals surface area contributed by atoms with Gasteiger partial charge in [0, 0.05) is 31.1 Å². The summed E-state index contributed by atoms with van der Waals surface area (Å²) in [5.41, 5.74) is 5.57. The number of carbonyl (C=O) groups excluding carboxylic acids is 1. The molecule has 1 fully saturated rings. The van der Waals surface area contributed by atoms with E-state index in [0.29, 0.717) is 25.0 Å². The lowest BCUT2D eigenvalue weighted by atomic mass is 10.1. The predicted molar refractivity (Wildman–Crippen MR) is 56.9 cm³/mol. The molecule has 1 amide bonds. The smallest absolute Gasteiger partial charge is 0.221 e. The first kappa shape index (κ1) is 11.5. The van der Waals surface area contributed by atoms with Crippen molar-refractivity contribution in [1.29, 1.82) is 0 Å². The van der Waals surface area contributed by atoms with E-state index in [0.717, 1.165) is 12.8 Å². The molecule has 0 heterocycles. The number of carbonyl (C=O) groups is 1. The van der Waals surface area contributed by atoms with Crippen LogP contribution in [0.15, 0.2) is 0 Å². The molecule has 0 saturated heterocycles. The fraction of sp³-hybridized carbons (Fsp3) is 0.900. The number of rotatable bonds is 6. The van der Waals surface area contributed by atoms with E-state index in [1.807, 2.05) is 0 Å². The van der Waals surface area contributed by atoms with E-state index in [9.17, 15) is 4.79 Å². The van der Waals surface area contributed by atoms with Crippen LogP contribution < -0.4 is 16.4 Å². The van der Waals surface area contributed by atoms with E-state index in [1.165, 1.54) is 0 Å². The van der Waals surface area contributed by atoms with Crippen molar-refractivity contribution in [2.24, 2.45) is 5.73 Å². The second-order valence-corrected chi connectivity index (χ2v) is 4.30. The van der Waals surface area contributed by atoms with Crippen molar-refractivity contribution >= 4 is 5.91 Å². The lowest BCUT2D eigenvalue weighted by Gasteiger charge is -2.18. The van der Waals surface area contributed by atoms with Crippen LogP contribution in [-0.2, 0) is 4.79 Å². The quantitative estimate of drug-likeness (QED) is 0.563. The highest BCUT2D eigenvalue weighted by Gasteiger charge is 2.24. The number of amides is 1. The minimum atomic E-state index is 0.105. The Hall–Kier alpha value is -0.610. The van der Waals surface area contributed by atoms with Crippen LogP contribution in [0.2, 0.25) is 0 Å². The molecule has 0 aliphatic heterocycles. The van der Waals surface area contributed by atoms with Gasteiger partial charge in [-0.3, -0.25) is 4.79 Å². The SMILES string of the molecule is CC(C)NC(CN)CC(=O)NC1CC1. The van der Waals surface area contributed by atoms with Gasteiger partial charge < -0.3 is 16.4 Å². The Kier molecular flexibility index (Phi) is 4.35. The highest BCUT2D eigenvalue weighted by Crippen LogP contribution is 2.18. The van der Waals surface area contributed by atoms with Gasteiger partial charge in [0.2, 0.25) is 5.91 Å². The average Bonchev–Trinajstić information content (AvgIpc) is 2.86. The molecule has 0 radical (unpaired) electrons. The van der Waals surface area contributed by atoms with Crippen LogP contribution in [0.4, 0.5) is 0 Å². The van der Waals surface area contributed by atoms with Crippen molar-refractivity contribution in [1.82, 2.24) is 10.6 Å². The van der Waals surface area contributed by atoms with Crippen LogP contribution in [0.1, 0.15) is 33.1 Å². The Morgan fingerprint density at radius 2 is 2.14 bits per heavy atom. The summed E-state index contributed by atoms with van der Waals surface area (Å²) in [5.74, 6) is 0.121. The molecule has 4 N–H and O–H groups in total. The topological polar surface area (TPSA) is 67.1 Å². The summed E-state index contributed by atoms with van der Waals surface area (Å²) < 4.78 is 0. The molecule has 0 spiro atoms. The third-order valence-corrected chi connectivity index (χ3v) is 2.23. The molecule has 0 aromatic heterocycles. The molecule has 0 bridgehead atoms. The van der Waals surface area contributed by atoms with Gasteiger partial charge in [-0.2, -0.15) is 0 Å². The zero-order chi connectivity index (χ0) is 10.6. The van der Waals surface area contributed by atoms with Crippen LogP contribution >= 0.6 is 0 Å². The van der Waals surface area contributed by atoms with E-state index in [-0.39, 0.29) is 11.9 Å². The highest BCUT2D eigenvalue weighted by atomic mass is 16.1. The molecular weight excluding hydrogens is 178 g/mol. The van der Waals surface area contributed by atoms with Crippen LogP contribution in [-0.4, -0.2) is 30.6 Å². The largest absolute Gasteiger partial charge is 0.353 e. The fourth-order valence-electron chi connectivity index (χ4n) is 1.42. The maximum atomic E-state index is 11.4. The highest BCUT2D eigenvalue weighted by molar-refractivity contribution is 5.77. The fourth-order valence-corrected chi connectivity index (χ4v) is 1.42. The first-order valence-corrected chi connectivity index (χ1v) is 5.37. The van der Waals surface area contributed by atoms with Crippen LogP contribution in [0.3, 0.4) is 0 Å². The summed E-state index contributed by atoms with van der Waals surface area (Å²) >= 11 is 0. The Balaban J connectivity index is 2.19. The minimum absolute atomic E-state index is 0.105. The molecule has 1 rings (SSSR count). The number of nitrogens with one attached hydrogen (secondary N) is 2. The van der Waals surface area contributed by atoms with Crippen LogP contribution in [0.25, 0.3) is 0 Å². The molecule has 82 valence electrons. The molecule has 0 aromatic carbocycles. The van der Waals surface area contributed by atoms with Gasteiger partial charge in [0.05, 0.1) is 0 Å². The van der Waals surface area contributed by atoms with Gasteiger partial charge in [-0.05, 0) is 12.8 Å². The normalized spacial score (nSPS) is 18.3. The Bertz CT molecular complexity index is 190. The zero-order valence-corrected chi connectivity index (χ0v) is 9.05. The van der Waals surface area contributed by atoms with Crippen LogP contribution in [0.5, 0.6) is 0 Å². The van der Waals surface area contributed by atoms with Gasteiger partial charge in [-0.1, -0.05) is 13.8 Å². The summed E-state index contributed by atoms with van der Waals surface area (Å²) in [4.78, 5) is 11.4. The maximum Gasteiger partial charge on any atom is 0.221 e. The van der Waals surface area contributed by atoms with Crippen molar-refractivity contribution < 1.29 is 4.79 Å². The molecular formula is C10H21N3O. The second kappa shape index (κ2) is 5.32. The number of nitrogens with two attached hydrogens (primary N) is 1. The Morgan fingerprint density at radius 1 is 1.50 bits per heavy atom. The van der Waals surface area contributed by atoms with Crippen molar-refractivity contribution in [3.63, 3.8) is 0 Å². The van der Waals surface area contributed by atoms with E-state index >= 15 is 0 Å². The molecule has 0 aromatic rings. The number of hydrogen-bond donors (Lipinski definition) is 3. The Labute approximate surface area is 85.6 Å². The molecule has 1 atom stereocenters. The van der Waals surface area contributed by atoms with Gasteiger partial charge in [-0.15, -0.1) is 0 Å². The third kappa shape index (κ3) is 4.58. The maximum absolute atomic E-state index is 11.4. The van der Waals surface area contributed by atoms with Gasteiger partial charge in [-0.25, -0.2) is 0 Å². The standard InChI is InChI=1S/C10H21N3O/c1-7(2)12-9(6-11)5-10(14)13-8-3-4-8/h7-9,12H,3-6,11H2,1-2H3,(H,13,14). The first-order valence-electron chi connectivity index (χ1n) is 5.37. The molecule has 14 heavy (non-hydrogen) atoms. The summed E-state index contributed by atoms with van der Waals surface area (Å²) in [5, 5.41) is 6.23. The Morgan fingerprint density at radius 3 is 2.57 bits per heavy atom. The van der Waals surface area contributed by atoms with Gasteiger partial charge in [0.15, 0.2) is 0 Å². The van der Waals surface area contributed by atoms with Gasteiger partial charge in [0.1, 0.15) is 0 Å². The van der Waals surface area contributed by atoms with Gasteiger partial charge >= 0.3 is 0 Å². The third-order valence-electron chi connectivity index (χ3n) is 2.23. The van der Waals surface area contributed by atoms with E-state index in [4.69, 9.17) is 5.73 Å². The first-order chi connectivity index (χ1) is 6.61. The molecule has 1 saturated carbocycles. The van der Waals surface area contributed by atoms with Crippen molar-refractivity contribution in [3.05, 3.63) is 0 Å². The van der Waals surface area contributed by atoms with E-state index in [1.54, 1.807) is 0 Å². The molecule has 1 unspecified atom stereocenters. The monoisotopic (exact) mass is 199 g/mol. The molecule has 1 aliphatic rings. The summed E-state index contributed by atoms with van der Waals surface area (Å²) in [7, 11) is 0. The summed E-state index contributed by atoms with van der Waals surface area (Å²) in [6.07, 6.45) is 2.76. The summed E-state index contributed by atoms with van der Waals surface area (Å²) in [6.45, 7) is 4.62. The van der Waals surface area contributed by atoms with Crippen molar-refractivity contribution in [2.75, 3.05) is 6.54 Å².